The first-order valence-electron chi connectivity index (χ1n) is 11.3. The van der Waals surface area contributed by atoms with Gasteiger partial charge in [0.1, 0.15) is 11.6 Å². The molecule has 0 unspecified atom stereocenters. The van der Waals surface area contributed by atoms with Crippen LogP contribution in [0.4, 0.5) is 4.39 Å². The van der Waals surface area contributed by atoms with Crippen molar-refractivity contribution in [3.8, 4) is 17.1 Å². The Hall–Kier alpha value is -2.48. The van der Waals surface area contributed by atoms with Gasteiger partial charge in [0.15, 0.2) is 0 Å². The Morgan fingerprint density at radius 3 is 2.63 bits per heavy atom. The van der Waals surface area contributed by atoms with Crippen molar-refractivity contribution in [3.63, 3.8) is 0 Å². The van der Waals surface area contributed by atoms with Crippen LogP contribution in [0.15, 0.2) is 59.4 Å². The molecule has 0 bridgehead atoms. The molecule has 1 aliphatic rings. The number of rotatable bonds is 5. The largest absolute Gasteiger partial charge is 0.317 e. The lowest BCUT2D eigenvalue weighted by Crippen LogP contribution is -2.39. The van der Waals surface area contributed by atoms with E-state index >= 15 is 0 Å². The van der Waals surface area contributed by atoms with Crippen molar-refractivity contribution in [1.82, 2.24) is 20.2 Å². The normalized spacial score (nSPS) is 14.5. The van der Waals surface area contributed by atoms with Gasteiger partial charge in [0.05, 0.1) is 26.6 Å². The van der Waals surface area contributed by atoms with Crippen LogP contribution in [0, 0.1) is 5.82 Å². The zero-order valence-electron chi connectivity index (χ0n) is 18.6. The number of nitrogens with one attached hydrogen (secondary N) is 2. The van der Waals surface area contributed by atoms with Crippen LogP contribution in [0.2, 0.25) is 15.1 Å². The number of piperidine rings is 1. The summed E-state index contributed by atoms with van der Waals surface area (Å²) in [5.41, 5.74) is 1.81. The van der Waals surface area contributed by atoms with E-state index in [2.05, 4.69) is 10.6 Å². The minimum Gasteiger partial charge on any atom is -0.317 e. The van der Waals surface area contributed by atoms with Crippen molar-refractivity contribution >= 4 is 45.7 Å². The Morgan fingerprint density at radius 2 is 1.86 bits per heavy atom. The molecule has 5 rings (SSSR count). The molecule has 0 atom stereocenters. The van der Waals surface area contributed by atoms with E-state index in [9.17, 15) is 9.18 Å². The lowest BCUT2D eigenvalue weighted by atomic mass is 10.1. The first-order valence-corrected chi connectivity index (χ1v) is 12.5. The highest BCUT2D eigenvalue weighted by Crippen LogP contribution is 2.32. The summed E-state index contributed by atoms with van der Waals surface area (Å²) in [4.78, 5) is 18.4. The number of halogens is 4. The predicted molar refractivity (Wildman–Crippen MR) is 140 cm³/mol. The van der Waals surface area contributed by atoms with Gasteiger partial charge in [-0.1, -0.05) is 46.9 Å². The van der Waals surface area contributed by atoms with Crippen molar-refractivity contribution in [2.24, 2.45) is 0 Å². The number of nitrogens with zero attached hydrogens (tertiary/aromatic N) is 2. The fourth-order valence-corrected chi connectivity index (χ4v) is 4.93. The van der Waals surface area contributed by atoms with E-state index in [1.807, 2.05) is 12.1 Å². The fourth-order valence-electron chi connectivity index (χ4n) is 4.37. The average Bonchev–Trinajstić information content (AvgIpc) is 2.85. The van der Waals surface area contributed by atoms with Crippen LogP contribution < -0.4 is 16.2 Å². The van der Waals surface area contributed by atoms with E-state index in [4.69, 9.17) is 39.8 Å². The molecule has 1 aromatic heterocycles. The molecule has 4 aromatic rings. The van der Waals surface area contributed by atoms with E-state index in [0.29, 0.717) is 50.6 Å². The number of benzene rings is 3. The third-order valence-electron chi connectivity index (χ3n) is 6.23. The van der Waals surface area contributed by atoms with Crippen LogP contribution in [-0.2, 0) is 6.54 Å². The summed E-state index contributed by atoms with van der Waals surface area (Å²) in [7, 11) is 0. The fraction of sp³-hybridized carbons (Fsp3) is 0.231. The maximum Gasteiger partial charge on any atom is 0.266 e. The third-order valence-corrected chi connectivity index (χ3v) is 7.22. The van der Waals surface area contributed by atoms with Crippen LogP contribution in [0.5, 0.6) is 0 Å². The molecule has 3 aromatic carbocycles. The molecule has 9 heteroatoms. The summed E-state index contributed by atoms with van der Waals surface area (Å²) in [5.74, 6) is -0.343. The summed E-state index contributed by atoms with van der Waals surface area (Å²) in [6.07, 6.45) is 2.10. The van der Waals surface area contributed by atoms with Crippen molar-refractivity contribution in [1.29, 1.82) is 0 Å². The van der Waals surface area contributed by atoms with Gasteiger partial charge >= 0.3 is 0 Å². The summed E-state index contributed by atoms with van der Waals surface area (Å²) in [6.45, 7) is 2.55. The Morgan fingerprint density at radius 1 is 1.06 bits per heavy atom. The molecule has 5 nitrogen and oxygen atoms in total. The second-order valence-corrected chi connectivity index (χ2v) is 9.74. The molecule has 2 N–H and O–H groups in total. The molecule has 35 heavy (non-hydrogen) atoms. The van der Waals surface area contributed by atoms with Crippen LogP contribution in [0.3, 0.4) is 0 Å². The first kappa shape index (κ1) is 24.2. The summed E-state index contributed by atoms with van der Waals surface area (Å²) in [5, 5.41) is 8.18. The highest BCUT2D eigenvalue weighted by atomic mass is 35.5. The van der Waals surface area contributed by atoms with Gasteiger partial charge in [0, 0.05) is 23.2 Å². The van der Waals surface area contributed by atoms with Gasteiger partial charge in [-0.25, -0.2) is 9.37 Å². The van der Waals surface area contributed by atoms with Gasteiger partial charge in [-0.05, 0) is 74.0 Å². The van der Waals surface area contributed by atoms with E-state index in [1.54, 1.807) is 30.3 Å². The van der Waals surface area contributed by atoms with Crippen molar-refractivity contribution in [2.45, 2.75) is 25.4 Å². The van der Waals surface area contributed by atoms with E-state index in [-0.39, 0.29) is 10.6 Å². The molecule has 0 aliphatic carbocycles. The van der Waals surface area contributed by atoms with Crippen LogP contribution >= 0.6 is 34.8 Å². The van der Waals surface area contributed by atoms with Crippen LogP contribution in [0.1, 0.15) is 18.4 Å². The SMILES string of the molecule is O=c1c2ccc(Cl)cc2nc(-c2cccc(CNC3CCNCC3)c2Cl)n1-c1ccc(Cl)c(F)c1. The van der Waals surface area contributed by atoms with Gasteiger partial charge in [-0.2, -0.15) is 0 Å². The first-order chi connectivity index (χ1) is 16.9. The molecule has 180 valence electrons. The molecular weight excluding hydrogens is 510 g/mol. The molecule has 1 fully saturated rings. The quantitative estimate of drug-likeness (QED) is 0.332. The van der Waals surface area contributed by atoms with Crippen molar-refractivity contribution in [2.75, 3.05) is 13.1 Å². The molecule has 0 spiro atoms. The number of aromatic nitrogens is 2. The molecular formula is C26H22Cl3FN4O. The van der Waals surface area contributed by atoms with Crippen molar-refractivity contribution < 1.29 is 4.39 Å². The second-order valence-electron chi connectivity index (χ2n) is 8.52. The van der Waals surface area contributed by atoms with Gasteiger partial charge < -0.3 is 10.6 Å². The Bertz CT molecular complexity index is 1470. The number of hydrogen-bond acceptors (Lipinski definition) is 4. The zero-order valence-corrected chi connectivity index (χ0v) is 20.9. The maximum atomic E-state index is 14.4. The minimum atomic E-state index is -0.635. The molecule has 2 heterocycles. The monoisotopic (exact) mass is 530 g/mol. The molecule has 0 amide bonds. The highest BCUT2D eigenvalue weighted by Gasteiger charge is 2.20. The predicted octanol–water partition coefficient (Wildman–Crippen LogP) is 5.99. The lowest BCUT2D eigenvalue weighted by molar-refractivity contribution is 0.386. The zero-order chi connectivity index (χ0) is 24.5. The lowest BCUT2D eigenvalue weighted by Gasteiger charge is -2.24. The Labute approximate surface area is 216 Å². The van der Waals surface area contributed by atoms with E-state index < -0.39 is 5.82 Å². The molecule has 1 aliphatic heterocycles. The minimum absolute atomic E-state index is 0.0344. The molecule has 0 radical (unpaired) electrons. The standard InChI is InChI=1S/C26H22Cl3FN4O/c27-16-4-6-19-23(12-16)33-25(34(26(19)35)18-5-7-21(28)22(30)13-18)20-3-1-2-15(24(20)29)14-32-17-8-10-31-11-9-17/h1-7,12-13,17,31-32H,8-11,14H2. The molecule has 1 saturated heterocycles. The van der Waals surface area contributed by atoms with Gasteiger partial charge in [-0.3, -0.25) is 9.36 Å². The Kier molecular flexibility index (Phi) is 7.09. The maximum absolute atomic E-state index is 14.4. The van der Waals surface area contributed by atoms with Gasteiger partial charge in [0.2, 0.25) is 0 Å². The number of fused-ring (bicyclic) bond motifs is 1. The summed E-state index contributed by atoms with van der Waals surface area (Å²) < 4.78 is 15.8. The van der Waals surface area contributed by atoms with Gasteiger partial charge in [-0.15, -0.1) is 0 Å². The van der Waals surface area contributed by atoms with Crippen LogP contribution in [-0.4, -0.2) is 28.7 Å². The topological polar surface area (TPSA) is 59.0 Å². The van der Waals surface area contributed by atoms with E-state index in [0.717, 1.165) is 31.5 Å². The third kappa shape index (κ3) is 4.95. The van der Waals surface area contributed by atoms with Crippen LogP contribution in [0.25, 0.3) is 28.0 Å². The molecule has 0 saturated carbocycles. The Balaban J connectivity index is 1.66. The smallest absolute Gasteiger partial charge is 0.266 e. The average molecular weight is 532 g/mol. The second kappa shape index (κ2) is 10.2. The summed E-state index contributed by atoms with van der Waals surface area (Å²) in [6, 6.07) is 15.1. The van der Waals surface area contributed by atoms with E-state index in [1.165, 1.54) is 16.7 Å². The highest BCUT2D eigenvalue weighted by molar-refractivity contribution is 6.34. The van der Waals surface area contributed by atoms with Crippen molar-refractivity contribution in [3.05, 3.63) is 91.4 Å². The summed E-state index contributed by atoms with van der Waals surface area (Å²) >= 11 is 19.0. The van der Waals surface area contributed by atoms with Gasteiger partial charge in [0.25, 0.3) is 5.56 Å². The number of hydrogen-bond donors (Lipinski definition) is 2.